The minimum atomic E-state index is 0.262. The minimum Gasteiger partial charge on any atom is -0.411 e. The van der Waals surface area contributed by atoms with E-state index in [0.29, 0.717) is 6.04 Å². The van der Waals surface area contributed by atoms with Crippen molar-refractivity contribution in [2.45, 2.75) is 109 Å². The average Bonchev–Trinajstić information content (AvgIpc) is 2.51. The van der Waals surface area contributed by atoms with E-state index in [-0.39, 0.29) is 6.04 Å². The lowest BCUT2D eigenvalue weighted by Gasteiger charge is -2.26. The summed E-state index contributed by atoms with van der Waals surface area (Å²) >= 11 is 0. The lowest BCUT2D eigenvalue weighted by molar-refractivity contribution is 0.312. The molecule has 0 radical (unpaired) electrons. The molecule has 0 amide bonds. The zero-order valence-corrected chi connectivity index (χ0v) is 14.0. The van der Waals surface area contributed by atoms with Crippen LogP contribution in [0, 0.1) is 0 Å². The van der Waals surface area contributed by atoms with E-state index in [1.165, 1.54) is 83.5 Å². The molecule has 124 valence electrons. The van der Waals surface area contributed by atoms with E-state index in [1.807, 2.05) is 0 Å². The molecule has 0 aromatic rings. The molecule has 3 nitrogen and oxygen atoms in total. The van der Waals surface area contributed by atoms with E-state index in [2.05, 4.69) is 17.4 Å². The van der Waals surface area contributed by atoms with Crippen LogP contribution in [0.5, 0.6) is 0 Å². The van der Waals surface area contributed by atoms with E-state index in [4.69, 9.17) is 5.21 Å². The highest BCUT2D eigenvalue weighted by Gasteiger charge is 2.16. The van der Waals surface area contributed by atoms with Gasteiger partial charge in [-0.2, -0.15) is 0 Å². The second-order valence-electron chi connectivity index (χ2n) is 6.64. The summed E-state index contributed by atoms with van der Waals surface area (Å²) < 4.78 is 0. The molecule has 1 saturated carbocycles. The van der Waals surface area contributed by atoms with Gasteiger partial charge in [-0.15, -0.1) is 5.16 Å². The summed E-state index contributed by atoms with van der Waals surface area (Å²) in [6.45, 7) is 2.27. The first kappa shape index (κ1) is 18.5. The second-order valence-corrected chi connectivity index (χ2v) is 6.64. The van der Waals surface area contributed by atoms with Crippen molar-refractivity contribution in [1.29, 1.82) is 0 Å². The molecule has 0 saturated heterocycles. The fraction of sp³-hybridized carbons (Fsp3) is 0.944. The molecule has 1 atom stereocenters. The lowest BCUT2D eigenvalue weighted by atomic mass is 9.94. The summed E-state index contributed by atoms with van der Waals surface area (Å²) in [6, 6.07) is 0.897. The third-order valence-corrected chi connectivity index (χ3v) is 4.67. The maximum Gasteiger partial charge on any atom is 0.0605 e. The molecule has 3 heteroatoms. The highest BCUT2D eigenvalue weighted by molar-refractivity contribution is 5.63. The Bertz CT molecular complexity index is 250. The first-order valence-corrected chi connectivity index (χ1v) is 9.30. The maximum atomic E-state index is 8.82. The Balaban J connectivity index is 2.04. The molecule has 2 N–H and O–H groups in total. The van der Waals surface area contributed by atoms with Gasteiger partial charge in [0.05, 0.1) is 6.21 Å². The van der Waals surface area contributed by atoms with Crippen LogP contribution in [0.4, 0.5) is 0 Å². The molecule has 0 aromatic heterocycles. The Labute approximate surface area is 131 Å². The number of nitrogens with one attached hydrogen (secondary N) is 1. The van der Waals surface area contributed by atoms with Gasteiger partial charge in [-0.25, -0.2) is 0 Å². The Hall–Kier alpha value is -0.570. The topological polar surface area (TPSA) is 44.6 Å². The first-order valence-electron chi connectivity index (χ1n) is 9.30. The molecule has 1 rings (SSSR count). The minimum absolute atomic E-state index is 0.262. The van der Waals surface area contributed by atoms with Crippen LogP contribution in [0.3, 0.4) is 0 Å². The molecular weight excluding hydrogens is 260 g/mol. The van der Waals surface area contributed by atoms with Gasteiger partial charge in [0.25, 0.3) is 0 Å². The maximum absolute atomic E-state index is 8.82. The molecule has 1 aliphatic carbocycles. The van der Waals surface area contributed by atoms with Crippen LogP contribution in [0.15, 0.2) is 5.16 Å². The SMILES string of the molecule is CCCCCCCCCC[C@H](/C=N/O)NC1CCCCC1. The van der Waals surface area contributed by atoms with Gasteiger partial charge in [0, 0.05) is 12.1 Å². The molecule has 1 aliphatic rings. The second kappa shape index (κ2) is 13.1. The molecule has 0 aromatic carbocycles. The predicted molar refractivity (Wildman–Crippen MR) is 91.3 cm³/mol. The van der Waals surface area contributed by atoms with Crippen LogP contribution in [-0.2, 0) is 0 Å². The van der Waals surface area contributed by atoms with Crippen LogP contribution in [0.1, 0.15) is 96.8 Å². The summed E-state index contributed by atoms with van der Waals surface area (Å²) in [5.41, 5.74) is 0. The number of hydrogen-bond donors (Lipinski definition) is 2. The number of nitrogens with zero attached hydrogens (tertiary/aromatic N) is 1. The number of unbranched alkanes of at least 4 members (excludes halogenated alkanes) is 7. The zero-order chi connectivity index (χ0) is 15.2. The summed E-state index contributed by atoms with van der Waals surface area (Å²) in [6.07, 6.45) is 20.3. The Morgan fingerprint density at radius 3 is 2.24 bits per heavy atom. The number of rotatable bonds is 12. The van der Waals surface area contributed by atoms with Crippen molar-refractivity contribution in [2.75, 3.05) is 0 Å². The zero-order valence-electron chi connectivity index (χ0n) is 14.0. The van der Waals surface area contributed by atoms with Gasteiger partial charge in [-0.1, -0.05) is 77.6 Å². The van der Waals surface area contributed by atoms with Gasteiger partial charge in [-0.05, 0) is 19.3 Å². The van der Waals surface area contributed by atoms with Crippen molar-refractivity contribution >= 4 is 6.21 Å². The van der Waals surface area contributed by atoms with Crippen molar-refractivity contribution in [3.05, 3.63) is 0 Å². The fourth-order valence-electron chi connectivity index (χ4n) is 3.35. The number of oxime groups is 1. The van der Waals surface area contributed by atoms with Crippen molar-refractivity contribution in [3.63, 3.8) is 0 Å². The van der Waals surface area contributed by atoms with E-state index >= 15 is 0 Å². The van der Waals surface area contributed by atoms with E-state index in [0.717, 1.165) is 6.42 Å². The molecule has 0 spiro atoms. The highest BCUT2D eigenvalue weighted by atomic mass is 16.4. The summed E-state index contributed by atoms with van der Waals surface area (Å²) in [7, 11) is 0. The predicted octanol–water partition coefficient (Wildman–Crippen LogP) is 5.27. The van der Waals surface area contributed by atoms with Gasteiger partial charge >= 0.3 is 0 Å². The third-order valence-electron chi connectivity index (χ3n) is 4.67. The standard InChI is InChI=1S/C18H36N2O/c1-2-3-4-5-6-7-8-10-15-18(16-19-21)20-17-13-11-9-12-14-17/h16-18,20-21H,2-15H2,1H3/b19-16+/t18-/m1/s1. The third kappa shape index (κ3) is 9.89. The van der Waals surface area contributed by atoms with Gasteiger partial charge in [0.15, 0.2) is 0 Å². The molecule has 1 fully saturated rings. The molecule has 0 aliphatic heterocycles. The highest BCUT2D eigenvalue weighted by Crippen LogP contribution is 2.18. The Morgan fingerprint density at radius 2 is 1.62 bits per heavy atom. The van der Waals surface area contributed by atoms with Gasteiger partial charge in [-0.3, -0.25) is 0 Å². The van der Waals surface area contributed by atoms with Crippen LogP contribution in [0.25, 0.3) is 0 Å². The fourth-order valence-corrected chi connectivity index (χ4v) is 3.35. The molecule has 0 bridgehead atoms. The molecule has 21 heavy (non-hydrogen) atoms. The Morgan fingerprint density at radius 1 is 1.00 bits per heavy atom. The first-order chi connectivity index (χ1) is 10.4. The largest absolute Gasteiger partial charge is 0.411 e. The van der Waals surface area contributed by atoms with E-state index in [9.17, 15) is 0 Å². The van der Waals surface area contributed by atoms with Crippen molar-refractivity contribution in [3.8, 4) is 0 Å². The van der Waals surface area contributed by atoms with E-state index in [1.54, 1.807) is 6.21 Å². The average molecular weight is 296 g/mol. The van der Waals surface area contributed by atoms with Crippen LogP contribution < -0.4 is 5.32 Å². The summed E-state index contributed by atoms with van der Waals surface area (Å²) in [5, 5.41) is 15.7. The smallest absolute Gasteiger partial charge is 0.0605 e. The van der Waals surface area contributed by atoms with Crippen molar-refractivity contribution < 1.29 is 5.21 Å². The monoisotopic (exact) mass is 296 g/mol. The quantitative estimate of drug-likeness (QED) is 0.223. The summed E-state index contributed by atoms with van der Waals surface area (Å²) in [5.74, 6) is 0. The molecular formula is C18H36N2O. The lowest BCUT2D eigenvalue weighted by Crippen LogP contribution is -2.40. The normalized spacial score (nSPS) is 18.3. The molecule has 0 heterocycles. The van der Waals surface area contributed by atoms with E-state index < -0.39 is 0 Å². The van der Waals surface area contributed by atoms with Gasteiger partial charge in [0.1, 0.15) is 0 Å². The number of hydrogen-bond acceptors (Lipinski definition) is 3. The Kier molecular flexibility index (Phi) is 11.5. The molecule has 0 unspecified atom stereocenters. The van der Waals surface area contributed by atoms with Crippen LogP contribution in [-0.4, -0.2) is 23.5 Å². The summed E-state index contributed by atoms with van der Waals surface area (Å²) in [4.78, 5) is 0. The van der Waals surface area contributed by atoms with Gasteiger partial charge < -0.3 is 10.5 Å². The van der Waals surface area contributed by atoms with Crippen LogP contribution >= 0.6 is 0 Å². The van der Waals surface area contributed by atoms with Crippen LogP contribution in [0.2, 0.25) is 0 Å². The van der Waals surface area contributed by atoms with Gasteiger partial charge in [0.2, 0.25) is 0 Å². The van der Waals surface area contributed by atoms with Crippen molar-refractivity contribution in [2.24, 2.45) is 5.16 Å². The van der Waals surface area contributed by atoms with Crippen molar-refractivity contribution in [1.82, 2.24) is 5.32 Å².